The van der Waals surface area contributed by atoms with Crippen molar-refractivity contribution >= 4 is 35.5 Å². The van der Waals surface area contributed by atoms with Gasteiger partial charge in [-0.25, -0.2) is 10.1 Å². The lowest BCUT2D eigenvalue weighted by Gasteiger charge is -2.10. The molecule has 0 saturated heterocycles. The van der Waals surface area contributed by atoms with E-state index in [1.165, 1.54) is 4.68 Å². The van der Waals surface area contributed by atoms with E-state index in [-0.39, 0.29) is 17.6 Å². The number of para-hydroxylation sites is 2. The number of rotatable bonds is 11. The van der Waals surface area contributed by atoms with Gasteiger partial charge in [0.1, 0.15) is 5.75 Å². The van der Waals surface area contributed by atoms with Crippen LogP contribution >= 0.6 is 11.8 Å². The standard InChI is InChI=1S/C21H25N7O4S/c1-4-32-16-8-6-5-7-15(16)24-19(29)13-33-21-27-26-20(28(21)22)25-23-12-14-9-10-17(30-2)18(11-14)31-3/h5-12H,4,13,22H2,1-3H3,(H,24,29)(H,25,26)/b23-12+. The van der Waals surface area contributed by atoms with Crippen molar-refractivity contribution in [2.45, 2.75) is 12.1 Å². The normalized spacial score (nSPS) is 10.8. The lowest BCUT2D eigenvalue weighted by atomic mass is 10.2. The van der Waals surface area contributed by atoms with E-state index in [9.17, 15) is 4.79 Å². The van der Waals surface area contributed by atoms with Gasteiger partial charge in [-0.15, -0.1) is 10.2 Å². The molecule has 174 valence electrons. The molecule has 0 spiro atoms. The van der Waals surface area contributed by atoms with Gasteiger partial charge in [-0.3, -0.25) is 4.79 Å². The van der Waals surface area contributed by atoms with Gasteiger partial charge in [0.15, 0.2) is 11.5 Å². The van der Waals surface area contributed by atoms with Crippen LogP contribution in [0.4, 0.5) is 11.6 Å². The van der Waals surface area contributed by atoms with Crippen LogP contribution in [-0.2, 0) is 4.79 Å². The second-order valence-electron chi connectivity index (χ2n) is 6.43. The largest absolute Gasteiger partial charge is 0.493 e. The molecule has 4 N–H and O–H groups in total. The number of nitrogens with zero attached hydrogens (tertiary/aromatic N) is 4. The lowest BCUT2D eigenvalue weighted by molar-refractivity contribution is -0.113. The second kappa shape index (κ2) is 11.6. The SMILES string of the molecule is CCOc1ccccc1NC(=O)CSc1nnc(N/N=C/c2ccc(OC)c(OC)c2)n1N. The summed E-state index contributed by atoms with van der Waals surface area (Å²) in [6, 6.07) is 12.6. The first-order valence-corrected chi connectivity index (χ1v) is 10.9. The van der Waals surface area contributed by atoms with Crippen LogP contribution in [0.3, 0.4) is 0 Å². The van der Waals surface area contributed by atoms with E-state index in [4.69, 9.17) is 20.1 Å². The molecule has 1 amide bonds. The summed E-state index contributed by atoms with van der Waals surface area (Å²) >= 11 is 1.14. The van der Waals surface area contributed by atoms with Gasteiger partial charge in [0.05, 0.1) is 38.5 Å². The molecule has 11 nitrogen and oxygen atoms in total. The molecule has 2 aromatic carbocycles. The molecular formula is C21H25N7O4S. The number of ether oxygens (including phenoxy) is 3. The van der Waals surface area contributed by atoms with Gasteiger partial charge < -0.3 is 25.4 Å². The highest BCUT2D eigenvalue weighted by Crippen LogP contribution is 2.27. The Hall–Kier alpha value is -3.93. The molecular weight excluding hydrogens is 446 g/mol. The maximum absolute atomic E-state index is 12.3. The van der Waals surface area contributed by atoms with Crippen LogP contribution in [-0.4, -0.2) is 53.6 Å². The van der Waals surface area contributed by atoms with E-state index < -0.39 is 0 Å². The topological polar surface area (TPSA) is 138 Å². The predicted octanol–water partition coefficient (Wildman–Crippen LogP) is 2.58. The Morgan fingerprint density at radius 3 is 2.70 bits per heavy atom. The molecule has 0 unspecified atom stereocenters. The quantitative estimate of drug-likeness (QED) is 0.167. The Kier molecular flexibility index (Phi) is 8.36. The average molecular weight is 472 g/mol. The fraction of sp³-hybridized carbons (Fsp3) is 0.238. The van der Waals surface area contributed by atoms with E-state index in [2.05, 4.69) is 26.0 Å². The molecule has 1 aromatic heterocycles. The highest BCUT2D eigenvalue weighted by Gasteiger charge is 2.13. The van der Waals surface area contributed by atoms with Crippen molar-refractivity contribution < 1.29 is 19.0 Å². The summed E-state index contributed by atoms with van der Waals surface area (Å²) in [6.45, 7) is 2.38. The Balaban J connectivity index is 1.55. The summed E-state index contributed by atoms with van der Waals surface area (Å²) in [5, 5.41) is 15.2. The molecule has 0 bridgehead atoms. The Bertz CT molecular complexity index is 1120. The molecule has 12 heteroatoms. The number of anilines is 2. The molecule has 0 atom stereocenters. The highest BCUT2D eigenvalue weighted by molar-refractivity contribution is 7.99. The predicted molar refractivity (Wildman–Crippen MR) is 128 cm³/mol. The van der Waals surface area contributed by atoms with Crippen LogP contribution in [0.25, 0.3) is 0 Å². The summed E-state index contributed by atoms with van der Waals surface area (Å²) in [4.78, 5) is 12.3. The minimum Gasteiger partial charge on any atom is -0.493 e. The number of nitrogen functional groups attached to an aromatic ring is 1. The number of aromatic nitrogens is 3. The molecule has 0 aliphatic carbocycles. The number of hydrogen-bond donors (Lipinski definition) is 3. The van der Waals surface area contributed by atoms with Gasteiger partial charge in [0.25, 0.3) is 5.95 Å². The highest BCUT2D eigenvalue weighted by atomic mass is 32.2. The number of carbonyl (C=O) groups is 1. The molecule has 3 aromatic rings. The fourth-order valence-corrected chi connectivity index (χ4v) is 3.37. The Morgan fingerprint density at radius 1 is 1.15 bits per heavy atom. The zero-order valence-corrected chi connectivity index (χ0v) is 19.3. The number of carbonyl (C=O) groups excluding carboxylic acids is 1. The maximum atomic E-state index is 12.3. The van der Waals surface area contributed by atoms with Crippen molar-refractivity contribution in [1.82, 2.24) is 14.9 Å². The third-order valence-electron chi connectivity index (χ3n) is 4.24. The van der Waals surface area contributed by atoms with E-state index in [1.807, 2.05) is 25.1 Å². The van der Waals surface area contributed by atoms with Crippen LogP contribution in [0, 0.1) is 0 Å². The Labute approximate surface area is 195 Å². The zero-order valence-electron chi connectivity index (χ0n) is 18.4. The monoisotopic (exact) mass is 471 g/mol. The van der Waals surface area contributed by atoms with Crippen LogP contribution in [0.2, 0.25) is 0 Å². The van der Waals surface area contributed by atoms with E-state index in [0.29, 0.717) is 34.7 Å². The van der Waals surface area contributed by atoms with Crippen molar-refractivity contribution in [2.75, 3.05) is 43.2 Å². The average Bonchev–Trinajstić information content (AvgIpc) is 3.18. The van der Waals surface area contributed by atoms with Crippen molar-refractivity contribution in [3.05, 3.63) is 48.0 Å². The van der Waals surface area contributed by atoms with E-state index in [0.717, 1.165) is 17.3 Å². The van der Waals surface area contributed by atoms with E-state index in [1.54, 1.807) is 44.7 Å². The van der Waals surface area contributed by atoms with Gasteiger partial charge >= 0.3 is 0 Å². The van der Waals surface area contributed by atoms with Gasteiger partial charge in [0, 0.05) is 0 Å². The molecule has 33 heavy (non-hydrogen) atoms. The first-order chi connectivity index (χ1) is 16.0. The summed E-state index contributed by atoms with van der Waals surface area (Å²) < 4.78 is 17.2. The fourth-order valence-electron chi connectivity index (χ4n) is 2.72. The van der Waals surface area contributed by atoms with Crippen LogP contribution < -0.4 is 30.8 Å². The Morgan fingerprint density at radius 2 is 1.94 bits per heavy atom. The zero-order chi connectivity index (χ0) is 23.6. The summed E-state index contributed by atoms with van der Waals surface area (Å²) in [5.41, 5.74) is 4.11. The molecule has 0 fully saturated rings. The van der Waals surface area contributed by atoms with Crippen molar-refractivity contribution in [3.8, 4) is 17.2 Å². The number of nitrogens with two attached hydrogens (primary N) is 1. The smallest absolute Gasteiger partial charge is 0.264 e. The number of benzene rings is 2. The number of nitrogens with one attached hydrogen (secondary N) is 2. The number of hydrogen-bond acceptors (Lipinski definition) is 10. The summed E-state index contributed by atoms with van der Waals surface area (Å²) in [6.07, 6.45) is 1.58. The lowest BCUT2D eigenvalue weighted by Crippen LogP contribution is -2.17. The first kappa shape index (κ1) is 23.7. The number of amides is 1. The van der Waals surface area contributed by atoms with Crippen LogP contribution in [0.5, 0.6) is 17.2 Å². The molecule has 0 aliphatic heterocycles. The summed E-state index contributed by atoms with van der Waals surface area (Å²) in [7, 11) is 3.13. The van der Waals surface area contributed by atoms with Gasteiger partial charge in [-0.05, 0) is 42.8 Å². The number of methoxy groups -OCH3 is 2. The molecule has 3 rings (SSSR count). The van der Waals surface area contributed by atoms with Crippen molar-refractivity contribution in [3.63, 3.8) is 0 Å². The van der Waals surface area contributed by atoms with E-state index >= 15 is 0 Å². The van der Waals surface area contributed by atoms with Gasteiger partial charge in [0.2, 0.25) is 11.1 Å². The molecule has 0 aliphatic rings. The van der Waals surface area contributed by atoms with Gasteiger partial charge in [-0.1, -0.05) is 23.9 Å². The minimum absolute atomic E-state index is 0.0880. The summed E-state index contributed by atoms with van der Waals surface area (Å²) in [5.74, 6) is 7.92. The number of hydrazone groups is 1. The molecule has 0 radical (unpaired) electrons. The van der Waals surface area contributed by atoms with Crippen LogP contribution in [0.15, 0.2) is 52.7 Å². The first-order valence-electron chi connectivity index (χ1n) is 9.91. The van der Waals surface area contributed by atoms with Crippen molar-refractivity contribution in [1.29, 1.82) is 0 Å². The maximum Gasteiger partial charge on any atom is 0.264 e. The minimum atomic E-state index is -0.226. The van der Waals surface area contributed by atoms with Crippen LogP contribution in [0.1, 0.15) is 12.5 Å². The van der Waals surface area contributed by atoms with Gasteiger partial charge in [-0.2, -0.15) is 5.10 Å². The number of thioether (sulfide) groups is 1. The third kappa shape index (κ3) is 6.29. The second-order valence-corrected chi connectivity index (χ2v) is 7.37. The third-order valence-corrected chi connectivity index (χ3v) is 5.19. The van der Waals surface area contributed by atoms with Crippen molar-refractivity contribution in [2.24, 2.45) is 5.10 Å². The molecule has 1 heterocycles. The molecule has 0 saturated carbocycles.